The average molecular weight is 294 g/mol. The average Bonchev–Trinajstić information content (AvgIpc) is 2.49. The van der Waals surface area contributed by atoms with Crippen molar-refractivity contribution < 1.29 is 19.4 Å². The first kappa shape index (κ1) is 17.0. The minimum absolute atomic E-state index is 0.0373. The van der Waals surface area contributed by atoms with Gasteiger partial charge in [0, 0.05) is 13.1 Å². The molecule has 21 heavy (non-hydrogen) atoms. The normalized spacial score (nSPS) is 11.7. The van der Waals surface area contributed by atoms with Crippen LogP contribution in [0, 0.1) is 0 Å². The van der Waals surface area contributed by atoms with Crippen molar-refractivity contribution in [2.75, 3.05) is 19.7 Å². The Morgan fingerprint density at radius 1 is 1.33 bits per heavy atom. The summed E-state index contributed by atoms with van der Waals surface area (Å²) in [6.07, 6.45) is 0.904. The highest BCUT2D eigenvalue weighted by Crippen LogP contribution is 2.12. The predicted octanol–water partition coefficient (Wildman–Crippen LogP) is 1.27. The van der Waals surface area contributed by atoms with E-state index in [0.717, 1.165) is 6.42 Å². The SMILES string of the molecule is CCCNC(=O)C(C)NCCOc1cccc(C(=O)O)c1. The lowest BCUT2D eigenvalue weighted by atomic mass is 10.2. The number of ether oxygens (including phenoxy) is 1. The van der Waals surface area contributed by atoms with Crippen molar-refractivity contribution in [3.05, 3.63) is 29.8 Å². The third-order valence-corrected chi connectivity index (χ3v) is 2.84. The van der Waals surface area contributed by atoms with Gasteiger partial charge in [0.05, 0.1) is 11.6 Å². The van der Waals surface area contributed by atoms with Gasteiger partial charge in [-0.2, -0.15) is 0 Å². The van der Waals surface area contributed by atoms with Crippen LogP contribution in [0.5, 0.6) is 5.75 Å². The van der Waals surface area contributed by atoms with Gasteiger partial charge in [-0.25, -0.2) is 4.79 Å². The molecule has 116 valence electrons. The molecule has 1 aromatic rings. The summed E-state index contributed by atoms with van der Waals surface area (Å²) < 4.78 is 5.45. The molecule has 1 aromatic carbocycles. The second kappa shape index (κ2) is 8.97. The Morgan fingerprint density at radius 3 is 2.76 bits per heavy atom. The minimum atomic E-state index is -0.986. The molecular weight excluding hydrogens is 272 g/mol. The van der Waals surface area contributed by atoms with Crippen molar-refractivity contribution in [1.29, 1.82) is 0 Å². The highest BCUT2D eigenvalue weighted by atomic mass is 16.5. The number of nitrogens with one attached hydrogen (secondary N) is 2. The van der Waals surface area contributed by atoms with E-state index in [1.54, 1.807) is 19.1 Å². The molecule has 1 rings (SSSR count). The molecule has 0 radical (unpaired) electrons. The van der Waals surface area contributed by atoms with Crippen LogP contribution < -0.4 is 15.4 Å². The maximum atomic E-state index is 11.6. The number of benzene rings is 1. The smallest absolute Gasteiger partial charge is 0.335 e. The van der Waals surface area contributed by atoms with E-state index >= 15 is 0 Å². The molecule has 0 heterocycles. The molecule has 3 N–H and O–H groups in total. The Morgan fingerprint density at radius 2 is 2.10 bits per heavy atom. The number of hydrogen-bond donors (Lipinski definition) is 3. The molecule has 6 heteroatoms. The number of amides is 1. The fourth-order valence-corrected chi connectivity index (χ4v) is 1.66. The van der Waals surface area contributed by atoms with Crippen LogP contribution in [-0.2, 0) is 4.79 Å². The molecule has 0 saturated heterocycles. The number of hydrogen-bond acceptors (Lipinski definition) is 4. The Kier molecular flexibility index (Phi) is 7.25. The van der Waals surface area contributed by atoms with Gasteiger partial charge < -0.3 is 20.5 Å². The van der Waals surface area contributed by atoms with Crippen molar-refractivity contribution >= 4 is 11.9 Å². The topological polar surface area (TPSA) is 87.7 Å². The van der Waals surface area contributed by atoms with E-state index in [2.05, 4.69) is 10.6 Å². The van der Waals surface area contributed by atoms with E-state index < -0.39 is 5.97 Å². The van der Waals surface area contributed by atoms with E-state index in [9.17, 15) is 9.59 Å². The number of carboxylic acid groups (broad SMARTS) is 1. The van der Waals surface area contributed by atoms with Crippen molar-refractivity contribution in [3.8, 4) is 5.75 Å². The van der Waals surface area contributed by atoms with Gasteiger partial charge in [0.1, 0.15) is 12.4 Å². The maximum absolute atomic E-state index is 11.6. The maximum Gasteiger partial charge on any atom is 0.335 e. The van der Waals surface area contributed by atoms with Crippen molar-refractivity contribution in [2.45, 2.75) is 26.3 Å². The summed E-state index contributed by atoms with van der Waals surface area (Å²) >= 11 is 0. The van der Waals surface area contributed by atoms with Crippen LogP contribution in [0.2, 0.25) is 0 Å². The molecule has 0 aliphatic heterocycles. The zero-order valence-electron chi connectivity index (χ0n) is 12.4. The second-order valence-electron chi connectivity index (χ2n) is 4.65. The van der Waals surface area contributed by atoms with E-state index in [1.165, 1.54) is 12.1 Å². The van der Waals surface area contributed by atoms with Gasteiger partial charge in [0.25, 0.3) is 0 Å². The van der Waals surface area contributed by atoms with Gasteiger partial charge >= 0.3 is 5.97 Å². The highest BCUT2D eigenvalue weighted by molar-refractivity contribution is 5.88. The molecule has 0 aliphatic rings. The van der Waals surface area contributed by atoms with E-state index in [1.807, 2.05) is 6.92 Å². The van der Waals surface area contributed by atoms with Crippen molar-refractivity contribution in [1.82, 2.24) is 10.6 Å². The van der Waals surface area contributed by atoms with Crippen LogP contribution in [0.25, 0.3) is 0 Å². The van der Waals surface area contributed by atoms with Crippen LogP contribution in [0.3, 0.4) is 0 Å². The Bertz CT molecular complexity index is 476. The molecule has 0 bridgehead atoms. The summed E-state index contributed by atoms with van der Waals surface area (Å²) in [5, 5.41) is 14.7. The fraction of sp³-hybridized carbons (Fsp3) is 0.467. The molecule has 0 aliphatic carbocycles. The lowest BCUT2D eigenvalue weighted by Crippen LogP contribution is -2.43. The molecule has 0 saturated carbocycles. The number of rotatable bonds is 9. The lowest BCUT2D eigenvalue weighted by molar-refractivity contribution is -0.122. The van der Waals surface area contributed by atoms with Crippen LogP contribution in [0.15, 0.2) is 24.3 Å². The summed E-state index contributed by atoms with van der Waals surface area (Å²) in [6, 6.07) is 6.02. The standard InChI is InChI=1S/C15H22N2O4/c1-3-7-17-14(18)11(2)16-8-9-21-13-6-4-5-12(10-13)15(19)20/h4-6,10-11,16H,3,7-9H2,1-2H3,(H,17,18)(H,19,20). The van der Waals surface area contributed by atoms with Gasteiger partial charge in [0.15, 0.2) is 0 Å². The molecule has 0 spiro atoms. The Hall–Kier alpha value is -2.08. The fourth-order valence-electron chi connectivity index (χ4n) is 1.66. The van der Waals surface area contributed by atoms with Crippen LogP contribution >= 0.6 is 0 Å². The first-order valence-electron chi connectivity index (χ1n) is 7.01. The van der Waals surface area contributed by atoms with Crippen LogP contribution in [0.1, 0.15) is 30.6 Å². The molecule has 6 nitrogen and oxygen atoms in total. The van der Waals surface area contributed by atoms with E-state index in [-0.39, 0.29) is 17.5 Å². The van der Waals surface area contributed by atoms with Gasteiger partial charge in [-0.05, 0) is 31.5 Å². The lowest BCUT2D eigenvalue weighted by Gasteiger charge is -2.14. The highest BCUT2D eigenvalue weighted by Gasteiger charge is 2.10. The monoisotopic (exact) mass is 294 g/mol. The number of carboxylic acids is 1. The van der Waals surface area contributed by atoms with E-state index in [4.69, 9.17) is 9.84 Å². The first-order chi connectivity index (χ1) is 10.0. The number of carbonyl (C=O) groups is 2. The van der Waals surface area contributed by atoms with E-state index in [0.29, 0.717) is 25.4 Å². The Balaban J connectivity index is 2.29. The second-order valence-corrected chi connectivity index (χ2v) is 4.65. The number of carbonyl (C=O) groups excluding carboxylic acids is 1. The number of aromatic carboxylic acids is 1. The molecule has 0 aromatic heterocycles. The first-order valence-corrected chi connectivity index (χ1v) is 7.01. The molecule has 1 amide bonds. The Labute approximate surface area is 124 Å². The summed E-state index contributed by atoms with van der Waals surface area (Å²) in [7, 11) is 0. The van der Waals surface area contributed by atoms with Gasteiger partial charge in [-0.1, -0.05) is 13.0 Å². The summed E-state index contributed by atoms with van der Waals surface area (Å²) in [5.41, 5.74) is 0.188. The minimum Gasteiger partial charge on any atom is -0.492 e. The summed E-state index contributed by atoms with van der Waals surface area (Å²) in [4.78, 5) is 22.4. The molecular formula is C15H22N2O4. The molecule has 1 atom stereocenters. The van der Waals surface area contributed by atoms with Crippen molar-refractivity contribution in [2.24, 2.45) is 0 Å². The molecule has 0 fully saturated rings. The zero-order valence-corrected chi connectivity index (χ0v) is 12.4. The largest absolute Gasteiger partial charge is 0.492 e. The van der Waals surface area contributed by atoms with Crippen LogP contribution in [-0.4, -0.2) is 42.7 Å². The van der Waals surface area contributed by atoms with Gasteiger partial charge in [-0.3, -0.25) is 4.79 Å². The van der Waals surface area contributed by atoms with Gasteiger partial charge in [0.2, 0.25) is 5.91 Å². The molecule has 1 unspecified atom stereocenters. The quantitative estimate of drug-likeness (QED) is 0.597. The predicted molar refractivity (Wildman–Crippen MR) is 79.7 cm³/mol. The van der Waals surface area contributed by atoms with Crippen molar-refractivity contribution in [3.63, 3.8) is 0 Å². The van der Waals surface area contributed by atoms with Crippen LogP contribution in [0.4, 0.5) is 0 Å². The zero-order chi connectivity index (χ0) is 15.7. The third kappa shape index (κ3) is 6.27. The summed E-state index contributed by atoms with van der Waals surface area (Å²) in [5.74, 6) is -0.524. The summed E-state index contributed by atoms with van der Waals surface area (Å²) in [6.45, 7) is 5.31. The van der Waals surface area contributed by atoms with Gasteiger partial charge in [-0.15, -0.1) is 0 Å². The third-order valence-electron chi connectivity index (χ3n) is 2.84.